The summed E-state index contributed by atoms with van der Waals surface area (Å²) in [6, 6.07) is 54.9. The van der Waals surface area contributed by atoms with Gasteiger partial charge < -0.3 is 14.8 Å². The summed E-state index contributed by atoms with van der Waals surface area (Å²) in [6.45, 7) is 0. The van der Waals surface area contributed by atoms with Gasteiger partial charge in [-0.2, -0.15) is 0 Å². The van der Waals surface area contributed by atoms with Gasteiger partial charge >= 0.3 is 0 Å². The second-order valence-corrected chi connectivity index (χ2v) is 15.7. The maximum absolute atomic E-state index is 5.57. The number of hydrogen-bond donors (Lipinski definition) is 1. The molecule has 0 radical (unpaired) electrons. The topological polar surface area (TPSA) is 45.5 Å². The maximum Gasteiger partial charge on any atom is 0.137 e. The van der Waals surface area contributed by atoms with Gasteiger partial charge in [-0.1, -0.05) is 103 Å². The molecule has 0 amide bonds. The molecule has 5 heterocycles. The van der Waals surface area contributed by atoms with Crippen LogP contribution in [0.1, 0.15) is 39.9 Å². The molecule has 9 aromatic rings. The predicted octanol–water partition coefficient (Wildman–Crippen LogP) is 11.9. The Kier molecular flexibility index (Phi) is 6.62. The number of thiophene rings is 1. The lowest BCUT2D eigenvalue weighted by Gasteiger charge is -2.37. The maximum atomic E-state index is 5.57. The van der Waals surface area contributed by atoms with E-state index in [-0.39, 0.29) is 12.1 Å². The molecule has 2 unspecified atom stereocenters. The van der Waals surface area contributed by atoms with E-state index >= 15 is 0 Å². The molecule has 0 spiro atoms. The number of aromatic nitrogens is 2. The van der Waals surface area contributed by atoms with Crippen LogP contribution in [0.3, 0.4) is 0 Å². The second kappa shape index (κ2) is 11.9. The second-order valence-electron chi connectivity index (χ2n) is 14.6. The Morgan fingerprint density at radius 2 is 1.53 bits per heavy atom. The minimum Gasteiger partial charge on any atom is -0.345 e. The van der Waals surface area contributed by atoms with Crippen LogP contribution >= 0.6 is 11.3 Å². The van der Waals surface area contributed by atoms with E-state index in [9.17, 15) is 0 Å². The van der Waals surface area contributed by atoms with E-state index < -0.39 is 0 Å². The average molecular weight is 724 g/mol. The number of anilines is 1. The molecule has 55 heavy (non-hydrogen) atoms. The first kappa shape index (κ1) is 30.7. The van der Waals surface area contributed by atoms with Crippen LogP contribution in [0.25, 0.3) is 54.8 Å². The van der Waals surface area contributed by atoms with E-state index in [0.717, 1.165) is 45.2 Å². The molecule has 0 fully saturated rings. The van der Waals surface area contributed by atoms with Crippen LogP contribution in [0, 0.1) is 0 Å². The van der Waals surface area contributed by atoms with Crippen LogP contribution in [0.5, 0.6) is 0 Å². The Hall–Kier alpha value is -6.76. The lowest BCUT2D eigenvalue weighted by Crippen LogP contribution is -2.42. The van der Waals surface area contributed by atoms with Crippen molar-refractivity contribution in [1.29, 1.82) is 0 Å². The first-order valence-corrected chi connectivity index (χ1v) is 19.7. The molecular weight excluding hydrogens is 691 g/mol. The van der Waals surface area contributed by atoms with Gasteiger partial charge in [0, 0.05) is 72.9 Å². The normalized spacial score (nSPS) is 17.0. The lowest BCUT2D eigenvalue weighted by atomic mass is 9.84. The number of rotatable bonds is 4. The number of nitrogens with zero attached hydrogens (tertiary/aromatic N) is 4. The Labute approximate surface area is 322 Å². The fourth-order valence-electron chi connectivity index (χ4n) is 9.28. The van der Waals surface area contributed by atoms with Crippen LogP contribution in [-0.2, 0) is 6.42 Å². The zero-order chi connectivity index (χ0) is 36.0. The molecular formula is C49H33N5S. The van der Waals surface area contributed by atoms with Gasteiger partial charge in [0.2, 0.25) is 0 Å². The monoisotopic (exact) mass is 723 g/mol. The van der Waals surface area contributed by atoms with Gasteiger partial charge in [0.05, 0.1) is 11.0 Å². The van der Waals surface area contributed by atoms with Crippen LogP contribution < -0.4 is 10.2 Å². The van der Waals surface area contributed by atoms with E-state index in [1.807, 2.05) is 18.5 Å². The van der Waals surface area contributed by atoms with Crippen molar-refractivity contribution < 1.29 is 0 Å². The lowest BCUT2D eigenvalue weighted by molar-refractivity contribution is 0.623. The summed E-state index contributed by atoms with van der Waals surface area (Å²) < 4.78 is 3.60. The molecule has 2 aliphatic heterocycles. The summed E-state index contributed by atoms with van der Waals surface area (Å²) in [7, 11) is 0. The molecule has 12 rings (SSSR count). The zero-order valence-electron chi connectivity index (χ0n) is 29.7. The fraction of sp³-hybridized carbons (Fsp3) is 0.0612. The number of pyridine rings is 1. The molecule has 3 aliphatic rings. The summed E-state index contributed by atoms with van der Waals surface area (Å²) in [5.74, 6) is 1.15. The molecule has 6 heteroatoms. The van der Waals surface area contributed by atoms with Gasteiger partial charge in [-0.05, 0) is 83.3 Å². The van der Waals surface area contributed by atoms with Gasteiger partial charge in [0.1, 0.15) is 17.0 Å². The number of para-hydroxylation sites is 3. The van der Waals surface area contributed by atoms with Crippen LogP contribution in [0.4, 0.5) is 10.7 Å². The third-order valence-electron chi connectivity index (χ3n) is 11.7. The van der Waals surface area contributed by atoms with E-state index in [4.69, 9.17) is 4.99 Å². The Morgan fingerprint density at radius 3 is 2.45 bits per heavy atom. The standard InChI is InChI=1S/C49H33N5S/c1-2-15-34(16-3-1)53-41-21-9-7-18-36(41)45-37(19-10-22-42(45)53)47-51-48(46-39-27-32(33-14-11-25-50-29-33)23-24-44(39)55-49(46)52-47)54-40-20-8-6-17-35(40)38-26-30-12-4-5-13-31(30)28-43(38)54/h1-25,27-29,38,48H,26H2,(H,51,52). The van der Waals surface area contributed by atoms with E-state index in [1.54, 1.807) is 11.3 Å². The molecule has 0 saturated carbocycles. The van der Waals surface area contributed by atoms with Crippen molar-refractivity contribution in [3.8, 4) is 16.8 Å². The molecule has 2 atom stereocenters. The highest BCUT2D eigenvalue weighted by Gasteiger charge is 2.43. The van der Waals surface area contributed by atoms with Gasteiger partial charge in [-0.15, -0.1) is 11.3 Å². The van der Waals surface area contributed by atoms with Gasteiger partial charge in [0.25, 0.3) is 0 Å². The van der Waals surface area contributed by atoms with Crippen molar-refractivity contribution >= 4 is 65.8 Å². The third kappa shape index (κ3) is 4.58. The van der Waals surface area contributed by atoms with Gasteiger partial charge in [-0.25, -0.2) is 4.99 Å². The SMILES string of the molecule is C1=C2C(Cc3ccccc31)c1ccccc1N2C1NC(c2cccc3c2c2ccccc2n3-c2ccccc2)=Nc2sc3ccc(-c4cccnc4)cc3c21. The van der Waals surface area contributed by atoms with Crippen molar-refractivity contribution in [2.24, 2.45) is 4.99 Å². The number of nitrogens with one attached hydrogen (secondary N) is 1. The van der Waals surface area contributed by atoms with Crippen LogP contribution in [0.15, 0.2) is 175 Å². The molecule has 1 aliphatic carbocycles. The molecule has 6 aromatic carbocycles. The Balaban J connectivity index is 1.12. The summed E-state index contributed by atoms with van der Waals surface area (Å²) >= 11 is 1.78. The molecule has 0 bridgehead atoms. The van der Waals surface area contributed by atoms with Crippen molar-refractivity contribution in [2.45, 2.75) is 18.5 Å². The number of hydrogen-bond acceptors (Lipinski definition) is 5. The van der Waals surface area contributed by atoms with Crippen LogP contribution in [0.2, 0.25) is 0 Å². The molecule has 1 N–H and O–H groups in total. The minimum absolute atomic E-state index is 0.208. The summed E-state index contributed by atoms with van der Waals surface area (Å²) in [5, 5.41) is 8.79. The molecule has 0 saturated heterocycles. The van der Waals surface area contributed by atoms with Gasteiger partial charge in [-0.3, -0.25) is 4.98 Å². The van der Waals surface area contributed by atoms with E-state index in [2.05, 4.69) is 171 Å². The highest BCUT2D eigenvalue weighted by atomic mass is 32.1. The number of benzene rings is 6. The van der Waals surface area contributed by atoms with E-state index in [0.29, 0.717) is 0 Å². The highest BCUT2D eigenvalue weighted by Crippen LogP contribution is 2.55. The number of fused-ring (bicyclic) bond motifs is 10. The summed E-state index contributed by atoms with van der Waals surface area (Å²) in [4.78, 5) is 12.6. The molecule has 260 valence electrons. The Bertz CT molecular complexity index is 3060. The quantitative estimate of drug-likeness (QED) is 0.197. The fourth-order valence-corrected chi connectivity index (χ4v) is 10.4. The average Bonchev–Trinajstić information content (AvgIpc) is 3.90. The molecule has 5 nitrogen and oxygen atoms in total. The number of aliphatic imine (C=N–C) groups is 1. The van der Waals surface area contributed by atoms with E-state index in [1.165, 1.54) is 60.0 Å². The van der Waals surface area contributed by atoms with Crippen molar-refractivity contribution in [1.82, 2.24) is 14.9 Å². The predicted molar refractivity (Wildman–Crippen MR) is 228 cm³/mol. The smallest absolute Gasteiger partial charge is 0.137 e. The first-order valence-electron chi connectivity index (χ1n) is 18.9. The van der Waals surface area contributed by atoms with Crippen molar-refractivity contribution in [3.63, 3.8) is 0 Å². The Morgan fingerprint density at radius 1 is 0.691 bits per heavy atom. The first-order chi connectivity index (χ1) is 27.3. The number of amidine groups is 1. The van der Waals surface area contributed by atoms with Crippen LogP contribution in [-0.4, -0.2) is 15.4 Å². The largest absolute Gasteiger partial charge is 0.345 e. The number of allylic oxidation sites excluding steroid dienone is 1. The van der Waals surface area contributed by atoms with Gasteiger partial charge in [0.15, 0.2) is 0 Å². The minimum atomic E-state index is -0.208. The van der Waals surface area contributed by atoms with Crippen molar-refractivity contribution in [3.05, 3.63) is 198 Å². The highest BCUT2D eigenvalue weighted by molar-refractivity contribution is 7.22. The summed E-state index contributed by atoms with van der Waals surface area (Å²) in [6.07, 6.45) is 6.98. The summed E-state index contributed by atoms with van der Waals surface area (Å²) in [5.41, 5.74) is 14.7. The van der Waals surface area contributed by atoms with Crippen molar-refractivity contribution in [2.75, 3.05) is 4.90 Å². The molecule has 3 aromatic heterocycles. The third-order valence-corrected chi connectivity index (χ3v) is 12.8. The zero-order valence-corrected chi connectivity index (χ0v) is 30.5.